The summed E-state index contributed by atoms with van der Waals surface area (Å²) in [5, 5.41) is 7.60. The number of amides is 1. The molecule has 0 spiro atoms. The van der Waals surface area contributed by atoms with Crippen LogP contribution in [0.4, 0.5) is 5.69 Å². The fourth-order valence-corrected chi connectivity index (χ4v) is 6.01. The van der Waals surface area contributed by atoms with Crippen LogP contribution in [0.3, 0.4) is 0 Å². The number of aromatic nitrogens is 3. The zero-order valence-corrected chi connectivity index (χ0v) is 23.1. The number of piperazine rings is 1. The molecule has 1 fully saturated rings. The van der Waals surface area contributed by atoms with Gasteiger partial charge in [0.15, 0.2) is 0 Å². The van der Waals surface area contributed by atoms with E-state index in [2.05, 4.69) is 68.7 Å². The summed E-state index contributed by atoms with van der Waals surface area (Å²) in [5.41, 5.74) is 5.47. The molecule has 8 nitrogen and oxygen atoms in total. The monoisotopic (exact) mass is 536 g/mol. The maximum atomic E-state index is 13.7. The third-order valence-corrected chi connectivity index (χ3v) is 8.12. The highest BCUT2D eigenvalue weighted by atomic mass is 16.2. The number of benzene rings is 3. The molecule has 0 saturated carbocycles. The van der Waals surface area contributed by atoms with Gasteiger partial charge < -0.3 is 10.2 Å². The lowest BCUT2D eigenvalue weighted by molar-refractivity contribution is -0.127. The zero-order chi connectivity index (χ0) is 27.6. The van der Waals surface area contributed by atoms with Crippen molar-refractivity contribution in [3.63, 3.8) is 0 Å². The van der Waals surface area contributed by atoms with Crippen LogP contribution in [0.25, 0.3) is 5.69 Å². The van der Waals surface area contributed by atoms with Gasteiger partial charge >= 0.3 is 5.69 Å². The lowest BCUT2D eigenvalue weighted by atomic mass is 10.0. The van der Waals surface area contributed by atoms with Gasteiger partial charge in [-0.1, -0.05) is 54.6 Å². The Labute approximate surface area is 234 Å². The lowest BCUT2D eigenvalue weighted by Gasteiger charge is -2.40. The first kappa shape index (κ1) is 26.1. The second-order valence-corrected chi connectivity index (χ2v) is 11.1. The van der Waals surface area contributed by atoms with Crippen LogP contribution in [0.5, 0.6) is 0 Å². The molecular weight excluding hydrogens is 500 g/mol. The van der Waals surface area contributed by atoms with E-state index in [4.69, 9.17) is 0 Å². The van der Waals surface area contributed by atoms with Crippen LogP contribution in [0.15, 0.2) is 90.0 Å². The van der Waals surface area contributed by atoms with E-state index in [1.165, 1.54) is 15.8 Å². The van der Waals surface area contributed by atoms with E-state index < -0.39 is 0 Å². The molecule has 3 aromatic carbocycles. The quantitative estimate of drug-likeness (QED) is 0.389. The third kappa shape index (κ3) is 5.19. The summed E-state index contributed by atoms with van der Waals surface area (Å²) >= 11 is 0. The van der Waals surface area contributed by atoms with Gasteiger partial charge in [-0.2, -0.15) is 5.10 Å². The molecule has 1 aliphatic carbocycles. The SMILES string of the molecule is CC(C)n1ncn(-c2ccc(N3CCN(C(C(=O)NC4Cc5ccccc5C4)c4ccccc4)CC3)cc2)c1=O. The molecule has 8 heteroatoms. The van der Waals surface area contributed by atoms with E-state index in [0.29, 0.717) is 0 Å². The van der Waals surface area contributed by atoms with E-state index in [1.807, 2.05) is 44.2 Å². The predicted molar refractivity (Wildman–Crippen MR) is 157 cm³/mol. The number of hydrogen-bond donors (Lipinski definition) is 1. The smallest absolute Gasteiger partial charge is 0.350 e. The molecule has 2 heterocycles. The lowest BCUT2D eigenvalue weighted by Crippen LogP contribution is -2.52. The van der Waals surface area contributed by atoms with Gasteiger partial charge in [-0.05, 0) is 67.6 Å². The molecule has 4 aromatic rings. The van der Waals surface area contributed by atoms with Crippen LogP contribution in [-0.2, 0) is 17.6 Å². The highest BCUT2D eigenvalue weighted by molar-refractivity contribution is 5.83. The zero-order valence-electron chi connectivity index (χ0n) is 23.1. The first-order valence-electron chi connectivity index (χ1n) is 14.2. The summed E-state index contributed by atoms with van der Waals surface area (Å²) in [6.45, 7) is 7.08. The Morgan fingerprint density at radius 1 is 0.825 bits per heavy atom. The molecule has 1 atom stereocenters. The van der Waals surface area contributed by atoms with Crippen molar-refractivity contribution in [3.8, 4) is 5.69 Å². The fraction of sp³-hybridized carbons (Fsp3) is 0.344. The minimum absolute atomic E-state index is 0.0144. The molecule has 1 N–H and O–H groups in total. The summed E-state index contributed by atoms with van der Waals surface area (Å²) in [5.74, 6) is 0.0780. The second kappa shape index (κ2) is 11.1. The van der Waals surface area contributed by atoms with E-state index >= 15 is 0 Å². The Morgan fingerprint density at radius 3 is 2.02 bits per heavy atom. The van der Waals surface area contributed by atoms with Crippen molar-refractivity contribution >= 4 is 11.6 Å². The number of carbonyl (C=O) groups excluding carboxylic acids is 1. The molecule has 0 radical (unpaired) electrons. The van der Waals surface area contributed by atoms with E-state index in [0.717, 1.165) is 56.0 Å². The number of rotatable bonds is 7. The summed E-state index contributed by atoms with van der Waals surface area (Å²) in [6, 6.07) is 26.5. The molecule has 1 amide bonds. The number of fused-ring (bicyclic) bond motifs is 1. The highest BCUT2D eigenvalue weighted by Gasteiger charge is 2.33. The van der Waals surface area contributed by atoms with Crippen LogP contribution >= 0.6 is 0 Å². The van der Waals surface area contributed by atoms with Crippen LogP contribution < -0.4 is 15.9 Å². The molecule has 40 heavy (non-hydrogen) atoms. The Balaban J connectivity index is 1.13. The molecule has 0 bridgehead atoms. The van der Waals surface area contributed by atoms with Crippen LogP contribution in [-0.4, -0.2) is 57.4 Å². The highest BCUT2D eigenvalue weighted by Crippen LogP contribution is 2.27. The number of anilines is 1. The van der Waals surface area contributed by atoms with Gasteiger partial charge in [-0.15, -0.1) is 0 Å². The van der Waals surface area contributed by atoms with E-state index in [-0.39, 0.29) is 29.7 Å². The van der Waals surface area contributed by atoms with Crippen molar-refractivity contribution in [2.45, 2.75) is 44.8 Å². The van der Waals surface area contributed by atoms with Crippen LogP contribution in [0, 0.1) is 0 Å². The van der Waals surface area contributed by atoms with Crippen molar-refractivity contribution in [2.75, 3.05) is 31.1 Å². The van der Waals surface area contributed by atoms with Crippen LogP contribution in [0.2, 0.25) is 0 Å². The molecule has 1 saturated heterocycles. The van der Waals surface area contributed by atoms with Gasteiger partial charge in [0.2, 0.25) is 5.91 Å². The summed E-state index contributed by atoms with van der Waals surface area (Å²) in [7, 11) is 0. The van der Waals surface area contributed by atoms with Gasteiger partial charge in [0, 0.05) is 37.9 Å². The summed E-state index contributed by atoms with van der Waals surface area (Å²) in [4.78, 5) is 31.0. The van der Waals surface area contributed by atoms with Crippen molar-refractivity contribution in [3.05, 3.63) is 112 Å². The average Bonchev–Trinajstić information content (AvgIpc) is 3.57. The van der Waals surface area contributed by atoms with Crippen LogP contribution in [0.1, 0.15) is 42.6 Å². The van der Waals surface area contributed by atoms with Gasteiger partial charge in [-0.25, -0.2) is 14.0 Å². The van der Waals surface area contributed by atoms with Gasteiger partial charge in [0.05, 0.1) is 11.7 Å². The molecule has 2 aliphatic rings. The summed E-state index contributed by atoms with van der Waals surface area (Å²) < 4.78 is 3.06. The maximum Gasteiger partial charge on any atom is 0.350 e. The molecule has 6 rings (SSSR count). The maximum absolute atomic E-state index is 13.7. The van der Waals surface area contributed by atoms with Gasteiger partial charge in [0.25, 0.3) is 0 Å². The Bertz CT molecular complexity index is 1490. The molecule has 1 unspecified atom stereocenters. The minimum atomic E-state index is -0.321. The fourth-order valence-electron chi connectivity index (χ4n) is 6.01. The molecule has 1 aromatic heterocycles. The molecular formula is C32H36N6O2. The van der Waals surface area contributed by atoms with Crippen molar-refractivity contribution < 1.29 is 4.79 Å². The largest absolute Gasteiger partial charge is 0.369 e. The second-order valence-electron chi connectivity index (χ2n) is 11.1. The Morgan fingerprint density at radius 2 is 1.43 bits per heavy atom. The summed E-state index contributed by atoms with van der Waals surface area (Å²) in [6.07, 6.45) is 3.35. The first-order chi connectivity index (χ1) is 19.5. The van der Waals surface area contributed by atoms with Crippen molar-refractivity contribution in [1.29, 1.82) is 0 Å². The normalized spacial score (nSPS) is 16.7. The third-order valence-electron chi connectivity index (χ3n) is 8.12. The molecule has 206 valence electrons. The van der Waals surface area contributed by atoms with E-state index in [1.54, 1.807) is 10.9 Å². The Kier molecular flexibility index (Phi) is 7.26. The number of nitrogens with zero attached hydrogens (tertiary/aromatic N) is 5. The van der Waals surface area contributed by atoms with Crippen molar-refractivity contribution in [2.24, 2.45) is 0 Å². The molecule has 1 aliphatic heterocycles. The van der Waals surface area contributed by atoms with E-state index in [9.17, 15) is 9.59 Å². The van der Waals surface area contributed by atoms with Gasteiger partial charge in [-0.3, -0.25) is 9.69 Å². The standard InChI is InChI=1S/C32H36N6O2/c1-23(2)38-32(40)37(22-33-38)29-14-12-28(13-15-29)35-16-18-36(19-17-35)30(24-8-4-3-5-9-24)31(39)34-27-20-25-10-6-7-11-26(25)21-27/h3-15,22-23,27,30H,16-21H2,1-2H3,(H,34,39). The Hall–Kier alpha value is -4.17. The average molecular weight is 537 g/mol. The first-order valence-corrected chi connectivity index (χ1v) is 14.2. The number of hydrogen-bond acceptors (Lipinski definition) is 5. The number of carbonyl (C=O) groups is 1. The van der Waals surface area contributed by atoms with Crippen molar-refractivity contribution in [1.82, 2.24) is 24.6 Å². The number of nitrogens with one attached hydrogen (secondary N) is 1. The minimum Gasteiger partial charge on any atom is -0.369 e. The predicted octanol–water partition coefficient (Wildman–Crippen LogP) is 3.76. The topological polar surface area (TPSA) is 75.4 Å². The van der Waals surface area contributed by atoms with Gasteiger partial charge in [0.1, 0.15) is 12.4 Å².